The lowest BCUT2D eigenvalue weighted by atomic mass is 10.2. The van der Waals surface area contributed by atoms with Gasteiger partial charge in [0.15, 0.2) is 0 Å². The van der Waals surface area contributed by atoms with Crippen LogP contribution in [0.15, 0.2) is 10.5 Å². The van der Waals surface area contributed by atoms with E-state index in [1.54, 1.807) is 0 Å². The van der Waals surface area contributed by atoms with Crippen LogP contribution >= 0.6 is 15.9 Å². The molecule has 0 unspecified atom stereocenters. The third-order valence-electron chi connectivity index (χ3n) is 1.17. The van der Waals surface area contributed by atoms with Gasteiger partial charge in [0, 0.05) is 29.7 Å². The smallest absolute Gasteiger partial charge is 0.0498 e. The zero-order valence-electron chi connectivity index (χ0n) is 5.56. The summed E-state index contributed by atoms with van der Waals surface area (Å²) in [6.45, 7) is 12.8. The van der Waals surface area contributed by atoms with Crippen molar-refractivity contribution in [1.82, 2.24) is 4.98 Å². The van der Waals surface area contributed by atoms with Gasteiger partial charge in [0.2, 0.25) is 0 Å². The van der Waals surface area contributed by atoms with Gasteiger partial charge < -0.3 is 0 Å². The first kappa shape index (κ1) is 7.73. The highest BCUT2D eigenvalue weighted by molar-refractivity contribution is 9.10. The van der Waals surface area contributed by atoms with E-state index in [1.807, 2.05) is 13.0 Å². The molecule has 0 aliphatic carbocycles. The quantitative estimate of drug-likeness (QED) is 0.620. The molecule has 50 valence electrons. The molecule has 1 nitrogen and oxygen atoms in total. The van der Waals surface area contributed by atoms with Crippen molar-refractivity contribution in [3.63, 3.8) is 0 Å². The predicted molar refractivity (Wildman–Crippen MR) is 43.5 cm³/mol. The second kappa shape index (κ2) is 2.70. The highest BCUT2D eigenvalue weighted by Crippen LogP contribution is 2.18. The van der Waals surface area contributed by atoms with Crippen LogP contribution < -0.4 is 0 Å². The lowest BCUT2D eigenvalue weighted by molar-refractivity contribution is 1.14. The van der Waals surface area contributed by atoms with Crippen LogP contribution in [0.5, 0.6) is 0 Å². The standard InChI is InChI=1S/C8H6BrN/c1-5-4-8(9)6(2)7(3)10-5/h2-4H,1H3. The summed E-state index contributed by atoms with van der Waals surface area (Å²) in [6.07, 6.45) is 0. The second-order valence-corrected chi connectivity index (χ2v) is 2.90. The molecular formula is C8H6BrN. The molecule has 0 aliphatic heterocycles. The summed E-state index contributed by atoms with van der Waals surface area (Å²) < 4.78 is 0.803. The molecule has 0 spiro atoms. The Balaban J connectivity index is 3.31. The highest BCUT2D eigenvalue weighted by Gasteiger charge is 1.99. The largest absolute Gasteiger partial charge is 0.257 e. The minimum absolute atomic E-state index is 0.381. The monoisotopic (exact) mass is 195 g/mol. The van der Waals surface area contributed by atoms with E-state index in [0.29, 0.717) is 11.3 Å². The average Bonchev–Trinajstić information content (AvgIpc) is 1.82. The minimum atomic E-state index is 0.381. The molecule has 0 saturated heterocycles. The Labute approximate surface area is 69.6 Å². The Hall–Kier alpha value is -0.370. The van der Waals surface area contributed by atoms with Crippen LogP contribution in [-0.2, 0) is 0 Å². The van der Waals surface area contributed by atoms with Gasteiger partial charge in [0.1, 0.15) is 0 Å². The summed E-state index contributed by atoms with van der Waals surface area (Å²) >= 11 is 3.25. The predicted octanol–water partition coefficient (Wildman–Crippen LogP) is 2.27. The van der Waals surface area contributed by atoms with Crippen molar-refractivity contribution in [2.24, 2.45) is 0 Å². The Bertz CT molecular complexity index is 232. The van der Waals surface area contributed by atoms with Crippen molar-refractivity contribution >= 4 is 15.9 Å². The number of pyridine rings is 1. The maximum atomic E-state index is 5.52. The molecule has 0 aliphatic rings. The zero-order valence-corrected chi connectivity index (χ0v) is 7.14. The van der Waals surface area contributed by atoms with Crippen LogP contribution in [-0.4, -0.2) is 4.98 Å². The lowest BCUT2D eigenvalue weighted by Gasteiger charge is -2.01. The van der Waals surface area contributed by atoms with Crippen molar-refractivity contribution in [3.8, 4) is 0 Å². The van der Waals surface area contributed by atoms with Gasteiger partial charge in [-0.25, -0.2) is 0 Å². The molecule has 0 aromatic carbocycles. The molecule has 0 N–H and O–H groups in total. The van der Waals surface area contributed by atoms with E-state index >= 15 is 0 Å². The Morgan fingerprint density at radius 1 is 1.50 bits per heavy atom. The molecular weight excluding hydrogens is 190 g/mol. The number of aryl methyl sites for hydroxylation is 1. The number of nitrogens with zero attached hydrogens (tertiary/aromatic N) is 1. The fourth-order valence-electron chi connectivity index (χ4n) is 0.666. The lowest BCUT2D eigenvalue weighted by Crippen LogP contribution is -1.90. The number of halogens is 1. The van der Waals surface area contributed by atoms with E-state index in [9.17, 15) is 0 Å². The molecule has 1 heterocycles. The van der Waals surface area contributed by atoms with E-state index in [4.69, 9.17) is 13.8 Å². The molecule has 10 heavy (non-hydrogen) atoms. The van der Waals surface area contributed by atoms with Gasteiger partial charge in [-0.1, -0.05) is 15.9 Å². The minimum Gasteiger partial charge on any atom is -0.257 e. The molecule has 2 heteroatoms. The topological polar surface area (TPSA) is 12.9 Å². The third kappa shape index (κ3) is 1.37. The molecule has 0 fully saturated rings. The van der Waals surface area contributed by atoms with E-state index < -0.39 is 0 Å². The van der Waals surface area contributed by atoms with E-state index in [1.165, 1.54) is 0 Å². The molecule has 0 bridgehead atoms. The summed E-state index contributed by atoms with van der Waals surface area (Å²) in [5.41, 5.74) is 1.75. The van der Waals surface area contributed by atoms with Crippen molar-refractivity contribution < 1.29 is 0 Å². The van der Waals surface area contributed by atoms with Gasteiger partial charge >= 0.3 is 0 Å². The van der Waals surface area contributed by atoms with Crippen molar-refractivity contribution in [2.45, 2.75) is 6.92 Å². The fourth-order valence-corrected chi connectivity index (χ4v) is 1.20. The second-order valence-electron chi connectivity index (χ2n) is 2.04. The number of rotatable bonds is 0. The summed E-state index contributed by atoms with van der Waals surface area (Å²) in [5, 5.41) is 0. The maximum Gasteiger partial charge on any atom is 0.0498 e. The van der Waals surface area contributed by atoms with E-state index in [0.717, 1.165) is 10.2 Å². The Morgan fingerprint density at radius 3 is 2.60 bits per heavy atom. The van der Waals surface area contributed by atoms with Crippen LogP contribution in [0.1, 0.15) is 17.0 Å². The molecule has 0 amide bonds. The zero-order chi connectivity index (χ0) is 7.72. The van der Waals surface area contributed by atoms with Crippen molar-refractivity contribution in [1.29, 1.82) is 0 Å². The Kier molecular flexibility index (Phi) is 2.09. The number of hydrogen-bond acceptors (Lipinski definition) is 1. The highest BCUT2D eigenvalue weighted by atomic mass is 79.9. The van der Waals surface area contributed by atoms with Gasteiger partial charge in [0.05, 0.1) is 0 Å². The number of hydrogen-bond donors (Lipinski definition) is 0. The van der Waals surface area contributed by atoms with Gasteiger partial charge in [-0.3, -0.25) is 4.98 Å². The molecule has 4 radical (unpaired) electrons. The van der Waals surface area contributed by atoms with Gasteiger partial charge in [-0.05, 0) is 18.6 Å². The van der Waals surface area contributed by atoms with Gasteiger partial charge in [-0.2, -0.15) is 0 Å². The summed E-state index contributed by atoms with van der Waals surface area (Å²) in [7, 11) is 0. The van der Waals surface area contributed by atoms with Crippen molar-refractivity contribution in [2.75, 3.05) is 0 Å². The van der Waals surface area contributed by atoms with E-state index in [2.05, 4.69) is 20.9 Å². The maximum absolute atomic E-state index is 5.52. The van der Waals surface area contributed by atoms with Gasteiger partial charge in [0.25, 0.3) is 0 Å². The molecule has 1 aromatic rings. The average molecular weight is 196 g/mol. The fraction of sp³-hybridized carbons (Fsp3) is 0.125. The first-order valence-corrected chi connectivity index (χ1v) is 3.58. The molecule has 1 aromatic heterocycles. The normalized spacial score (nSPS) is 10.0. The van der Waals surface area contributed by atoms with Gasteiger partial charge in [-0.15, -0.1) is 0 Å². The summed E-state index contributed by atoms with van der Waals surface area (Å²) in [5.74, 6) is 0. The molecule has 1 rings (SSSR count). The van der Waals surface area contributed by atoms with Crippen LogP contribution in [0.25, 0.3) is 0 Å². The van der Waals surface area contributed by atoms with E-state index in [-0.39, 0.29) is 0 Å². The first-order chi connectivity index (χ1) is 4.61. The molecule has 0 saturated carbocycles. The SMILES string of the molecule is [CH]c1nc(C)cc(Br)c1[CH]. The van der Waals surface area contributed by atoms with Crippen LogP contribution in [0.2, 0.25) is 0 Å². The molecule has 0 atom stereocenters. The summed E-state index contributed by atoms with van der Waals surface area (Å²) in [4.78, 5) is 3.96. The van der Waals surface area contributed by atoms with Crippen LogP contribution in [0.4, 0.5) is 0 Å². The van der Waals surface area contributed by atoms with Crippen LogP contribution in [0.3, 0.4) is 0 Å². The third-order valence-corrected chi connectivity index (χ3v) is 1.82. The summed E-state index contributed by atoms with van der Waals surface area (Å²) in [6, 6.07) is 1.83. The first-order valence-electron chi connectivity index (χ1n) is 2.79. The Morgan fingerprint density at radius 2 is 2.10 bits per heavy atom. The van der Waals surface area contributed by atoms with Crippen LogP contribution in [0, 0.1) is 20.8 Å². The van der Waals surface area contributed by atoms with Crippen molar-refractivity contribution in [3.05, 3.63) is 41.3 Å². The number of aromatic nitrogens is 1.